The molecule has 29 heavy (non-hydrogen) atoms. The van der Waals surface area contributed by atoms with Crippen LogP contribution >= 0.6 is 12.4 Å². The lowest BCUT2D eigenvalue weighted by molar-refractivity contribution is 0.0611. The number of benzene rings is 2. The van der Waals surface area contributed by atoms with Crippen molar-refractivity contribution in [2.45, 2.75) is 38.2 Å². The van der Waals surface area contributed by atoms with Crippen LogP contribution in [-0.2, 0) is 6.42 Å². The van der Waals surface area contributed by atoms with Gasteiger partial charge < -0.3 is 14.7 Å². The summed E-state index contributed by atoms with van der Waals surface area (Å²) in [6.45, 7) is 2.81. The minimum absolute atomic E-state index is 0. The van der Waals surface area contributed by atoms with E-state index in [1.165, 1.54) is 31.4 Å². The molecule has 1 unspecified atom stereocenters. The lowest BCUT2D eigenvalue weighted by Crippen LogP contribution is -2.38. The van der Waals surface area contributed by atoms with E-state index in [9.17, 15) is 14.3 Å². The van der Waals surface area contributed by atoms with E-state index in [1.807, 2.05) is 12.1 Å². The summed E-state index contributed by atoms with van der Waals surface area (Å²) in [6.07, 6.45) is 3.91. The van der Waals surface area contributed by atoms with Crippen LogP contribution < -0.4 is 4.74 Å². The summed E-state index contributed by atoms with van der Waals surface area (Å²) in [5.74, 6) is 0.201. The standard InChI is InChI=1S/C23H28FNO3.ClH/c24-19-11-8-18(9-12-19)10-13-22(27)21-6-2-3-7-23(21)28-17-20(26)16-25-14-4-1-5-15-25;/h2-3,6-9,11-12,20,26H,1,4-5,10,13-17H2;1H. The summed E-state index contributed by atoms with van der Waals surface area (Å²) >= 11 is 0. The van der Waals surface area contributed by atoms with Crippen molar-refractivity contribution in [2.24, 2.45) is 0 Å². The number of aliphatic hydroxyl groups is 1. The number of β-amino-alcohol motifs (C(OH)–C–C–N with tert-alkyl or cyclic N) is 1. The maximum absolute atomic E-state index is 13.0. The number of carbonyl (C=O) groups is 1. The molecular formula is C23H29ClFNO3. The van der Waals surface area contributed by atoms with Crippen molar-refractivity contribution in [1.29, 1.82) is 0 Å². The molecule has 2 aromatic rings. The van der Waals surface area contributed by atoms with Gasteiger partial charge in [0.15, 0.2) is 5.78 Å². The second kappa shape index (κ2) is 11.9. The molecule has 1 atom stereocenters. The molecule has 1 N–H and O–H groups in total. The number of rotatable bonds is 9. The number of para-hydroxylation sites is 1. The van der Waals surface area contributed by atoms with Gasteiger partial charge in [-0.1, -0.05) is 30.7 Å². The van der Waals surface area contributed by atoms with Crippen LogP contribution in [0.15, 0.2) is 48.5 Å². The van der Waals surface area contributed by atoms with Gasteiger partial charge >= 0.3 is 0 Å². The molecule has 1 fully saturated rings. The number of halogens is 2. The SMILES string of the molecule is Cl.O=C(CCc1ccc(F)cc1)c1ccccc1OCC(O)CN1CCCCC1. The number of aryl methyl sites for hydroxylation is 1. The smallest absolute Gasteiger partial charge is 0.166 e. The number of ether oxygens (including phenoxy) is 1. The van der Waals surface area contributed by atoms with Crippen LogP contribution in [0.2, 0.25) is 0 Å². The van der Waals surface area contributed by atoms with Crippen molar-refractivity contribution in [2.75, 3.05) is 26.2 Å². The van der Waals surface area contributed by atoms with Gasteiger partial charge in [-0.3, -0.25) is 4.79 Å². The van der Waals surface area contributed by atoms with E-state index in [2.05, 4.69) is 4.90 Å². The first kappa shape index (κ1) is 23.3. The average molecular weight is 422 g/mol. The van der Waals surface area contributed by atoms with Gasteiger partial charge in [-0.05, 0) is 62.2 Å². The lowest BCUT2D eigenvalue weighted by atomic mass is 10.0. The van der Waals surface area contributed by atoms with Crippen LogP contribution in [0.25, 0.3) is 0 Å². The van der Waals surface area contributed by atoms with E-state index in [1.54, 1.807) is 24.3 Å². The molecule has 2 aromatic carbocycles. The molecule has 3 rings (SSSR count). The normalized spacial score (nSPS) is 15.4. The molecule has 0 aromatic heterocycles. The van der Waals surface area contributed by atoms with Gasteiger partial charge in [0.1, 0.15) is 24.3 Å². The van der Waals surface area contributed by atoms with E-state index >= 15 is 0 Å². The predicted octanol–water partition coefficient (Wildman–Crippen LogP) is 4.29. The fourth-order valence-electron chi connectivity index (χ4n) is 3.55. The van der Waals surface area contributed by atoms with E-state index in [4.69, 9.17) is 4.74 Å². The highest BCUT2D eigenvalue weighted by Gasteiger charge is 2.17. The van der Waals surface area contributed by atoms with E-state index in [0.717, 1.165) is 18.7 Å². The monoisotopic (exact) mass is 421 g/mol. The molecule has 4 nitrogen and oxygen atoms in total. The zero-order valence-electron chi connectivity index (χ0n) is 16.6. The second-order valence-electron chi connectivity index (χ2n) is 7.37. The lowest BCUT2D eigenvalue weighted by Gasteiger charge is -2.28. The molecule has 1 heterocycles. The van der Waals surface area contributed by atoms with Crippen LogP contribution in [-0.4, -0.2) is 48.1 Å². The Kier molecular flexibility index (Phi) is 9.58. The minimum atomic E-state index is -0.583. The number of carbonyl (C=O) groups excluding carboxylic acids is 1. The Hall–Kier alpha value is -1.95. The van der Waals surface area contributed by atoms with E-state index in [-0.39, 0.29) is 30.6 Å². The number of hydrogen-bond donors (Lipinski definition) is 1. The Balaban J connectivity index is 0.00000300. The maximum atomic E-state index is 13.0. The maximum Gasteiger partial charge on any atom is 0.166 e. The number of aliphatic hydroxyl groups excluding tert-OH is 1. The fraction of sp³-hybridized carbons (Fsp3) is 0.435. The Bertz CT molecular complexity index is 763. The average Bonchev–Trinajstić information content (AvgIpc) is 2.72. The molecule has 1 aliphatic heterocycles. The van der Waals surface area contributed by atoms with Crippen LogP contribution in [0.4, 0.5) is 4.39 Å². The van der Waals surface area contributed by atoms with Crippen LogP contribution in [0.5, 0.6) is 5.75 Å². The van der Waals surface area contributed by atoms with E-state index < -0.39 is 6.10 Å². The van der Waals surface area contributed by atoms with Gasteiger partial charge in [0.2, 0.25) is 0 Å². The van der Waals surface area contributed by atoms with Crippen LogP contribution in [0.3, 0.4) is 0 Å². The predicted molar refractivity (Wildman–Crippen MR) is 115 cm³/mol. The third-order valence-electron chi connectivity index (χ3n) is 5.09. The molecule has 0 aliphatic carbocycles. The van der Waals surface area contributed by atoms with E-state index in [0.29, 0.717) is 30.7 Å². The number of Topliss-reactive ketones (excluding diaryl/α,β-unsaturated/α-hetero) is 1. The Morgan fingerprint density at radius 3 is 2.48 bits per heavy atom. The molecule has 0 bridgehead atoms. The Morgan fingerprint density at radius 2 is 1.76 bits per heavy atom. The highest BCUT2D eigenvalue weighted by molar-refractivity contribution is 5.98. The summed E-state index contributed by atoms with van der Waals surface area (Å²) in [7, 11) is 0. The number of ketones is 1. The second-order valence-corrected chi connectivity index (χ2v) is 7.37. The first-order valence-electron chi connectivity index (χ1n) is 10.0. The Labute approximate surface area is 178 Å². The van der Waals surface area contributed by atoms with Crippen molar-refractivity contribution in [3.8, 4) is 5.75 Å². The van der Waals surface area contributed by atoms with Gasteiger partial charge in [0, 0.05) is 13.0 Å². The molecule has 0 saturated carbocycles. The molecule has 0 amide bonds. The summed E-state index contributed by atoms with van der Waals surface area (Å²) < 4.78 is 18.8. The zero-order valence-corrected chi connectivity index (χ0v) is 17.4. The summed E-state index contributed by atoms with van der Waals surface area (Å²) in [5.41, 5.74) is 1.44. The number of nitrogens with zero attached hydrogens (tertiary/aromatic N) is 1. The molecular weight excluding hydrogens is 393 g/mol. The van der Waals surface area contributed by atoms with Crippen LogP contribution in [0, 0.1) is 5.82 Å². The van der Waals surface area contributed by atoms with Crippen molar-refractivity contribution in [1.82, 2.24) is 4.90 Å². The van der Waals surface area contributed by atoms with Crippen molar-refractivity contribution in [3.63, 3.8) is 0 Å². The van der Waals surface area contributed by atoms with Gasteiger partial charge in [-0.15, -0.1) is 12.4 Å². The first-order valence-corrected chi connectivity index (χ1v) is 10.0. The molecule has 158 valence electrons. The number of likely N-dealkylation sites (tertiary alicyclic amines) is 1. The summed E-state index contributed by atoms with van der Waals surface area (Å²) in [6, 6.07) is 13.3. The largest absolute Gasteiger partial charge is 0.490 e. The van der Waals surface area contributed by atoms with Crippen molar-refractivity contribution >= 4 is 18.2 Å². The zero-order chi connectivity index (χ0) is 19.8. The van der Waals surface area contributed by atoms with Crippen LogP contribution in [0.1, 0.15) is 41.6 Å². The highest BCUT2D eigenvalue weighted by Crippen LogP contribution is 2.21. The van der Waals surface area contributed by atoms with Gasteiger partial charge in [0.05, 0.1) is 5.56 Å². The fourth-order valence-corrected chi connectivity index (χ4v) is 3.55. The molecule has 1 aliphatic rings. The molecule has 6 heteroatoms. The minimum Gasteiger partial charge on any atom is -0.490 e. The summed E-state index contributed by atoms with van der Waals surface area (Å²) in [4.78, 5) is 14.9. The highest BCUT2D eigenvalue weighted by atomic mass is 35.5. The Morgan fingerprint density at radius 1 is 1.07 bits per heavy atom. The van der Waals surface area contributed by atoms with Gasteiger partial charge in [0.25, 0.3) is 0 Å². The topological polar surface area (TPSA) is 49.8 Å². The molecule has 1 saturated heterocycles. The van der Waals surface area contributed by atoms with Gasteiger partial charge in [-0.25, -0.2) is 4.39 Å². The van der Waals surface area contributed by atoms with Gasteiger partial charge in [-0.2, -0.15) is 0 Å². The first-order chi connectivity index (χ1) is 13.6. The molecule has 0 radical (unpaired) electrons. The number of piperidine rings is 1. The third-order valence-corrected chi connectivity index (χ3v) is 5.09. The quantitative estimate of drug-likeness (QED) is 0.614. The third kappa shape index (κ3) is 7.42. The van der Waals surface area contributed by atoms with Crippen molar-refractivity contribution < 1.29 is 19.0 Å². The van der Waals surface area contributed by atoms with Crippen molar-refractivity contribution in [3.05, 3.63) is 65.5 Å². The number of hydrogen-bond acceptors (Lipinski definition) is 4. The summed E-state index contributed by atoms with van der Waals surface area (Å²) in [5, 5.41) is 10.3. The molecule has 0 spiro atoms.